The maximum atomic E-state index is 12.7. The lowest BCUT2D eigenvalue weighted by Gasteiger charge is -2.24. The molecule has 0 heterocycles. The quantitative estimate of drug-likeness (QED) is 0.719. The lowest BCUT2D eigenvalue weighted by atomic mass is 10.1. The van der Waals surface area contributed by atoms with Gasteiger partial charge in [0, 0.05) is 19.2 Å². The second-order valence-electron chi connectivity index (χ2n) is 5.76. The van der Waals surface area contributed by atoms with Gasteiger partial charge >= 0.3 is 0 Å². The Morgan fingerprint density at radius 1 is 1.20 bits per heavy atom. The number of rotatable bonds is 9. The molecule has 0 radical (unpaired) electrons. The molecule has 0 aromatic heterocycles. The average molecular weight is 372 g/mol. The summed E-state index contributed by atoms with van der Waals surface area (Å²) in [7, 11) is 0.810. The Morgan fingerprint density at radius 3 is 2.24 bits per heavy atom. The fourth-order valence-electron chi connectivity index (χ4n) is 2.46. The number of amides is 1. The van der Waals surface area contributed by atoms with Gasteiger partial charge in [-0.2, -0.15) is 0 Å². The molecule has 8 heteroatoms. The second kappa shape index (κ2) is 8.94. The lowest BCUT2D eigenvalue weighted by Crippen LogP contribution is -2.35. The summed E-state index contributed by atoms with van der Waals surface area (Å²) in [6.45, 7) is 5.50. The summed E-state index contributed by atoms with van der Waals surface area (Å²) in [5.74, 6) is 0.288. The molecule has 0 aliphatic carbocycles. The predicted molar refractivity (Wildman–Crippen MR) is 99.2 cm³/mol. The third kappa shape index (κ3) is 5.01. The molecule has 1 aromatic carbocycles. The van der Waals surface area contributed by atoms with Crippen LogP contribution in [0.4, 0.5) is 5.69 Å². The van der Waals surface area contributed by atoms with Crippen LogP contribution in [-0.4, -0.2) is 47.4 Å². The topological polar surface area (TPSA) is 84.9 Å². The molecule has 0 fully saturated rings. The number of hydrogen-bond donors (Lipinski definition) is 1. The van der Waals surface area contributed by atoms with E-state index in [1.807, 2.05) is 13.8 Å². The van der Waals surface area contributed by atoms with Crippen molar-refractivity contribution in [2.75, 3.05) is 31.3 Å². The maximum absolute atomic E-state index is 12.7. The molecule has 0 bridgehead atoms. The largest absolute Gasteiger partial charge is 0.493 e. The Labute approximate surface area is 150 Å². The number of ether oxygens (including phenoxy) is 2. The first-order valence-electron chi connectivity index (χ1n) is 8.25. The number of nitrogens with zero attached hydrogens (tertiary/aromatic N) is 1. The van der Waals surface area contributed by atoms with E-state index in [0.29, 0.717) is 11.5 Å². The van der Waals surface area contributed by atoms with E-state index in [0.717, 1.165) is 17.1 Å². The van der Waals surface area contributed by atoms with Crippen molar-refractivity contribution in [2.24, 2.45) is 0 Å². The fourth-order valence-corrected chi connectivity index (χ4v) is 3.30. The SMILES string of the molecule is CCCC(C)NC(=O)c1cc(OC)c(OC)cc1N(C)S(=O)(=O)CC. The minimum absolute atomic E-state index is 0.0217. The summed E-state index contributed by atoms with van der Waals surface area (Å²) >= 11 is 0. The number of carbonyl (C=O) groups is 1. The zero-order valence-corrected chi connectivity index (χ0v) is 16.6. The van der Waals surface area contributed by atoms with Crippen LogP contribution < -0.4 is 19.1 Å². The summed E-state index contributed by atoms with van der Waals surface area (Å²) in [6.07, 6.45) is 1.77. The fraction of sp³-hybridized carbons (Fsp3) is 0.588. The zero-order valence-electron chi connectivity index (χ0n) is 15.8. The number of anilines is 1. The highest BCUT2D eigenvalue weighted by molar-refractivity contribution is 7.92. The third-order valence-corrected chi connectivity index (χ3v) is 5.73. The highest BCUT2D eigenvalue weighted by Gasteiger charge is 2.25. The minimum atomic E-state index is -3.53. The van der Waals surface area contributed by atoms with Gasteiger partial charge in [-0.15, -0.1) is 0 Å². The third-order valence-electron chi connectivity index (χ3n) is 3.97. The van der Waals surface area contributed by atoms with Crippen LogP contribution in [0.2, 0.25) is 0 Å². The van der Waals surface area contributed by atoms with Crippen molar-refractivity contribution in [1.29, 1.82) is 0 Å². The van der Waals surface area contributed by atoms with Crippen LogP contribution in [0.3, 0.4) is 0 Å². The molecule has 1 unspecified atom stereocenters. The van der Waals surface area contributed by atoms with Crippen LogP contribution in [0.5, 0.6) is 11.5 Å². The van der Waals surface area contributed by atoms with Crippen LogP contribution in [0, 0.1) is 0 Å². The Balaban J connectivity index is 3.44. The van der Waals surface area contributed by atoms with E-state index in [1.54, 1.807) is 6.92 Å². The first-order valence-corrected chi connectivity index (χ1v) is 9.86. The van der Waals surface area contributed by atoms with Gasteiger partial charge in [0.25, 0.3) is 5.91 Å². The van der Waals surface area contributed by atoms with E-state index in [4.69, 9.17) is 9.47 Å². The number of carbonyl (C=O) groups excluding carboxylic acids is 1. The smallest absolute Gasteiger partial charge is 0.253 e. The van der Waals surface area contributed by atoms with Crippen molar-refractivity contribution in [3.63, 3.8) is 0 Å². The molecular weight excluding hydrogens is 344 g/mol. The first-order chi connectivity index (χ1) is 11.7. The molecular formula is C17H28N2O5S. The summed E-state index contributed by atoms with van der Waals surface area (Å²) in [5.41, 5.74) is 0.473. The first kappa shape index (κ1) is 21.1. The van der Waals surface area contributed by atoms with Gasteiger partial charge in [-0.05, 0) is 26.3 Å². The van der Waals surface area contributed by atoms with Crippen molar-refractivity contribution < 1.29 is 22.7 Å². The van der Waals surface area contributed by atoms with Gasteiger partial charge in [-0.1, -0.05) is 13.3 Å². The van der Waals surface area contributed by atoms with E-state index < -0.39 is 10.0 Å². The van der Waals surface area contributed by atoms with Crippen LogP contribution in [-0.2, 0) is 10.0 Å². The normalized spacial score (nSPS) is 12.4. The van der Waals surface area contributed by atoms with Gasteiger partial charge in [0.2, 0.25) is 10.0 Å². The number of sulfonamides is 1. The van der Waals surface area contributed by atoms with Gasteiger partial charge in [0.15, 0.2) is 11.5 Å². The Kier molecular flexibility index (Phi) is 7.54. The number of methoxy groups -OCH3 is 2. The second-order valence-corrected chi connectivity index (χ2v) is 8.04. The van der Waals surface area contributed by atoms with Gasteiger partial charge in [-0.3, -0.25) is 9.10 Å². The molecule has 1 atom stereocenters. The summed E-state index contributed by atoms with van der Waals surface area (Å²) < 4.78 is 36.2. The van der Waals surface area contributed by atoms with Gasteiger partial charge in [0.1, 0.15) is 0 Å². The van der Waals surface area contributed by atoms with Crippen molar-refractivity contribution in [2.45, 2.75) is 39.7 Å². The molecule has 142 valence electrons. The van der Waals surface area contributed by atoms with E-state index in [9.17, 15) is 13.2 Å². The molecule has 0 saturated carbocycles. The van der Waals surface area contributed by atoms with Crippen LogP contribution in [0.15, 0.2) is 12.1 Å². The minimum Gasteiger partial charge on any atom is -0.493 e. The summed E-state index contributed by atoms with van der Waals surface area (Å²) in [6, 6.07) is 2.99. The number of benzene rings is 1. The maximum Gasteiger partial charge on any atom is 0.253 e. The van der Waals surface area contributed by atoms with Gasteiger partial charge < -0.3 is 14.8 Å². The summed E-state index contributed by atoms with van der Waals surface area (Å²) in [5, 5.41) is 2.89. The van der Waals surface area contributed by atoms with E-state index in [2.05, 4.69) is 5.32 Å². The molecule has 0 spiro atoms. The van der Waals surface area contributed by atoms with E-state index in [-0.39, 0.29) is 29.0 Å². The molecule has 25 heavy (non-hydrogen) atoms. The van der Waals surface area contributed by atoms with Crippen molar-refractivity contribution >= 4 is 21.6 Å². The monoisotopic (exact) mass is 372 g/mol. The Bertz CT molecular complexity index is 703. The summed E-state index contributed by atoms with van der Waals surface area (Å²) in [4.78, 5) is 12.7. The molecule has 1 rings (SSSR count). The Hall–Kier alpha value is -1.96. The van der Waals surface area contributed by atoms with Gasteiger partial charge in [0.05, 0.1) is 31.2 Å². The zero-order chi connectivity index (χ0) is 19.2. The molecule has 7 nitrogen and oxygen atoms in total. The molecule has 1 aromatic rings. The standard InChI is InChI=1S/C17H28N2O5S/c1-7-9-12(3)18-17(20)13-10-15(23-5)16(24-6)11-14(13)19(4)25(21,22)8-2/h10-12H,7-9H2,1-6H3,(H,18,20). The average Bonchev–Trinajstić information content (AvgIpc) is 2.59. The van der Waals surface area contributed by atoms with E-state index in [1.165, 1.54) is 33.4 Å². The van der Waals surface area contributed by atoms with Crippen LogP contribution in [0.25, 0.3) is 0 Å². The molecule has 1 amide bonds. The molecule has 0 aliphatic rings. The van der Waals surface area contributed by atoms with Crippen molar-refractivity contribution in [1.82, 2.24) is 5.32 Å². The molecule has 0 saturated heterocycles. The van der Waals surface area contributed by atoms with Crippen molar-refractivity contribution in [3.05, 3.63) is 17.7 Å². The van der Waals surface area contributed by atoms with Crippen LogP contribution in [0.1, 0.15) is 44.0 Å². The highest BCUT2D eigenvalue weighted by Crippen LogP contribution is 2.35. The highest BCUT2D eigenvalue weighted by atomic mass is 32.2. The number of nitrogens with one attached hydrogen (secondary N) is 1. The molecule has 1 N–H and O–H groups in total. The van der Waals surface area contributed by atoms with Crippen LogP contribution >= 0.6 is 0 Å². The van der Waals surface area contributed by atoms with Crippen molar-refractivity contribution in [3.8, 4) is 11.5 Å². The molecule has 0 aliphatic heterocycles. The predicted octanol–water partition coefficient (Wildman–Crippen LogP) is 2.41. The van der Waals surface area contributed by atoms with Gasteiger partial charge in [-0.25, -0.2) is 8.42 Å². The Morgan fingerprint density at radius 2 is 1.76 bits per heavy atom. The number of hydrogen-bond acceptors (Lipinski definition) is 5. The lowest BCUT2D eigenvalue weighted by molar-refractivity contribution is 0.0938. The van der Waals surface area contributed by atoms with E-state index >= 15 is 0 Å².